The molecule has 0 unspecified atom stereocenters. The van der Waals surface area contributed by atoms with Crippen molar-refractivity contribution in [3.63, 3.8) is 0 Å². The zero-order chi connectivity index (χ0) is 23.1. The van der Waals surface area contributed by atoms with Crippen molar-refractivity contribution in [1.82, 2.24) is 25.1 Å². The van der Waals surface area contributed by atoms with E-state index in [1.165, 1.54) is 5.56 Å². The third kappa shape index (κ3) is 6.20. The molecule has 0 atom stereocenters. The monoisotopic (exact) mass is 456 g/mol. The highest BCUT2D eigenvalue weighted by Gasteiger charge is 2.15. The van der Waals surface area contributed by atoms with Gasteiger partial charge in [0.1, 0.15) is 5.82 Å². The van der Waals surface area contributed by atoms with E-state index in [2.05, 4.69) is 34.6 Å². The van der Waals surface area contributed by atoms with Crippen LogP contribution in [0.2, 0.25) is 0 Å². The summed E-state index contributed by atoms with van der Waals surface area (Å²) in [6, 6.07) is 5.73. The number of amides is 1. The molecule has 0 aliphatic carbocycles. The molecule has 2 heterocycles. The summed E-state index contributed by atoms with van der Waals surface area (Å²) in [5.74, 6) is 0.664. The number of ether oxygens (including phenoxy) is 1. The van der Waals surface area contributed by atoms with Gasteiger partial charge in [0.2, 0.25) is 0 Å². The Morgan fingerprint density at radius 1 is 1.19 bits per heavy atom. The minimum absolute atomic E-state index is 0.0893. The lowest BCUT2D eigenvalue weighted by atomic mass is 10.1. The van der Waals surface area contributed by atoms with Crippen LogP contribution in [0.4, 0.5) is 5.82 Å². The fourth-order valence-corrected chi connectivity index (χ4v) is 3.85. The molecule has 9 heteroatoms. The SMILES string of the molecule is CCOCCNc1nc(SC(C)C)nc2c1cnn2CCNC(=O)c1ccc(C)c(C)c1. The maximum atomic E-state index is 12.5. The predicted molar refractivity (Wildman–Crippen MR) is 130 cm³/mol. The Balaban J connectivity index is 1.72. The van der Waals surface area contributed by atoms with Crippen molar-refractivity contribution in [3.05, 3.63) is 41.1 Å². The van der Waals surface area contributed by atoms with Crippen molar-refractivity contribution in [1.29, 1.82) is 0 Å². The van der Waals surface area contributed by atoms with Crippen molar-refractivity contribution in [2.24, 2.45) is 0 Å². The molecule has 0 spiro atoms. The summed E-state index contributed by atoms with van der Waals surface area (Å²) in [6.45, 7) is 13.1. The number of aryl methyl sites for hydroxylation is 2. The van der Waals surface area contributed by atoms with Crippen LogP contribution in [-0.4, -0.2) is 57.2 Å². The van der Waals surface area contributed by atoms with E-state index in [9.17, 15) is 4.79 Å². The predicted octanol–water partition coefficient (Wildman–Crippen LogP) is 3.82. The molecular weight excluding hydrogens is 424 g/mol. The molecule has 3 aromatic rings. The summed E-state index contributed by atoms with van der Waals surface area (Å²) in [7, 11) is 0. The van der Waals surface area contributed by atoms with Crippen LogP contribution in [0.1, 0.15) is 42.3 Å². The lowest BCUT2D eigenvalue weighted by molar-refractivity contribution is 0.0952. The highest BCUT2D eigenvalue weighted by Crippen LogP contribution is 2.26. The van der Waals surface area contributed by atoms with E-state index in [1.807, 2.05) is 43.7 Å². The zero-order valence-electron chi connectivity index (χ0n) is 19.4. The third-order valence-electron chi connectivity index (χ3n) is 4.94. The molecule has 0 fully saturated rings. The van der Waals surface area contributed by atoms with Gasteiger partial charge in [-0.15, -0.1) is 0 Å². The van der Waals surface area contributed by atoms with E-state index in [1.54, 1.807) is 18.0 Å². The van der Waals surface area contributed by atoms with Gasteiger partial charge in [-0.05, 0) is 44.0 Å². The molecule has 2 aromatic heterocycles. The summed E-state index contributed by atoms with van der Waals surface area (Å²) in [5.41, 5.74) is 3.69. The molecule has 0 aliphatic rings. The third-order valence-corrected chi connectivity index (χ3v) is 5.80. The van der Waals surface area contributed by atoms with Crippen molar-refractivity contribution in [2.45, 2.75) is 51.6 Å². The second-order valence-corrected chi connectivity index (χ2v) is 9.35. The van der Waals surface area contributed by atoms with Gasteiger partial charge in [0.15, 0.2) is 10.8 Å². The van der Waals surface area contributed by atoms with Crippen LogP contribution >= 0.6 is 11.8 Å². The smallest absolute Gasteiger partial charge is 0.251 e. The lowest BCUT2D eigenvalue weighted by Gasteiger charge is -2.11. The number of nitrogens with one attached hydrogen (secondary N) is 2. The average Bonchev–Trinajstić information content (AvgIpc) is 3.15. The summed E-state index contributed by atoms with van der Waals surface area (Å²) in [4.78, 5) is 21.9. The first kappa shape index (κ1) is 24.0. The highest BCUT2D eigenvalue weighted by molar-refractivity contribution is 7.99. The van der Waals surface area contributed by atoms with E-state index in [-0.39, 0.29) is 5.91 Å². The summed E-state index contributed by atoms with van der Waals surface area (Å²) in [5, 5.41) is 12.7. The number of nitrogens with zero attached hydrogens (tertiary/aromatic N) is 4. The Labute approximate surface area is 193 Å². The van der Waals surface area contributed by atoms with Gasteiger partial charge in [-0.25, -0.2) is 14.6 Å². The topological polar surface area (TPSA) is 94.0 Å². The minimum atomic E-state index is -0.0893. The Morgan fingerprint density at radius 3 is 2.72 bits per heavy atom. The standard InChI is InChI=1S/C23H32N6O2S/c1-6-31-12-10-24-20-19-14-26-29(21(19)28-23(27-20)32-15(2)3)11-9-25-22(30)18-8-7-16(4)17(5)13-18/h7-8,13-15H,6,9-12H2,1-5H3,(H,25,30)(H,24,27,28). The fraction of sp³-hybridized carbons (Fsp3) is 0.478. The number of thioether (sulfide) groups is 1. The first-order valence-corrected chi connectivity index (χ1v) is 11.8. The second kappa shape index (κ2) is 11.3. The molecule has 1 amide bonds. The number of fused-ring (bicyclic) bond motifs is 1. The summed E-state index contributed by atoms with van der Waals surface area (Å²) >= 11 is 1.61. The Kier molecular flexibility index (Phi) is 8.46. The van der Waals surface area contributed by atoms with Crippen LogP contribution in [0.3, 0.4) is 0 Å². The van der Waals surface area contributed by atoms with Crippen LogP contribution in [0, 0.1) is 13.8 Å². The van der Waals surface area contributed by atoms with E-state index in [0.29, 0.717) is 48.8 Å². The quantitative estimate of drug-likeness (QED) is 0.257. The van der Waals surface area contributed by atoms with Gasteiger partial charge < -0.3 is 15.4 Å². The summed E-state index contributed by atoms with van der Waals surface area (Å²) < 4.78 is 7.24. The molecule has 0 saturated carbocycles. The van der Waals surface area contributed by atoms with Gasteiger partial charge in [0, 0.05) is 30.5 Å². The number of anilines is 1. The van der Waals surface area contributed by atoms with Crippen molar-refractivity contribution in [2.75, 3.05) is 31.6 Å². The fourth-order valence-electron chi connectivity index (χ4n) is 3.14. The average molecular weight is 457 g/mol. The Bertz CT molecular complexity index is 1070. The molecule has 172 valence electrons. The molecule has 0 radical (unpaired) electrons. The van der Waals surface area contributed by atoms with Crippen molar-refractivity contribution < 1.29 is 9.53 Å². The first-order valence-electron chi connectivity index (χ1n) is 11.0. The van der Waals surface area contributed by atoms with Crippen molar-refractivity contribution >= 4 is 34.5 Å². The Hall–Kier alpha value is -2.65. The van der Waals surface area contributed by atoms with Gasteiger partial charge in [0.25, 0.3) is 5.91 Å². The highest BCUT2D eigenvalue weighted by atomic mass is 32.2. The van der Waals surface area contributed by atoms with Crippen LogP contribution < -0.4 is 10.6 Å². The van der Waals surface area contributed by atoms with E-state index in [4.69, 9.17) is 9.72 Å². The molecule has 2 N–H and O–H groups in total. The molecule has 0 aliphatic heterocycles. The van der Waals surface area contributed by atoms with E-state index in [0.717, 1.165) is 22.4 Å². The largest absolute Gasteiger partial charge is 0.380 e. The number of carbonyl (C=O) groups excluding carboxylic acids is 1. The maximum absolute atomic E-state index is 12.5. The molecule has 8 nitrogen and oxygen atoms in total. The number of carbonyl (C=O) groups is 1. The number of benzene rings is 1. The van der Waals surface area contributed by atoms with Crippen LogP contribution in [0.15, 0.2) is 29.6 Å². The zero-order valence-corrected chi connectivity index (χ0v) is 20.3. The second-order valence-electron chi connectivity index (χ2n) is 7.81. The number of rotatable bonds is 11. The van der Waals surface area contributed by atoms with Crippen LogP contribution in [-0.2, 0) is 11.3 Å². The normalized spacial score (nSPS) is 11.3. The minimum Gasteiger partial charge on any atom is -0.380 e. The first-order chi connectivity index (χ1) is 15.4. The van der Waals surface area contributed by atoms with Gasteiger partial charge in [-0.2, -0.15) is 5.10 Å². The molecule has 0 saturated heterocycles. The van der Waals surface area contributed by atoms with Gasteiger partial charge in [-0.3, -0.25) is 4.79 Å². The van der Waals surface area contributed by atoms with E-state index >= 15 is 0 Å². The van der Waals surface area contributed by atoms with Gasteiger partial charge in [-0.1, -0.05) is 31.7 Å². The van der Waals surface area contributed by atoms with E-state index < -0.39 is 0 Å². The number of aromatic nitrogens is 4. The van der Waals surface area contributed by atoms with Crippen LogP contribution in [0.25, 0.3) is 11.0 Å². The molecule has 32 heavy (non-hydrogen) atoms. The molecular formula is C23H32N6O2S. The van der Waals surface area contributed by atoms with Gasteiger partial charge in [0.05, 0.1) is 24.7 Å². The Morgan fingerprint density at radius 2 is 2.00 bits per heavy atom. The maximum Gasteiger partial charge on any atom is 0.251 e. The van der Waals surface area contributed by atoms with Crippen LogP contribution in [0.5, 0.6) is 0 Å². The summed E-state index contributed by atoms with van der Waals surface area (Å²) in [6.07, 6.45) is 1.77. The number of hydrogen-bond acceptors (Lipinski definition) is 7. The van der Waals surface area contributed by atoms with Gasteiger partial charge >= 0.3 is 0 Å². The number of hydrogen-bond donors (Lipinski definition) is 2. The lowest BCUT2D eigenvalue weighted by Crippen LogP contribution is -2.27. The molecule has 1 aromatic carbocycles. The molecule has 3 rings (SSSR count). The van der Waals surface area contributed by atoms with Crippen molar-refractivity contribution in [3.8, 4) is 0 Å². The molecule has 0 bridgehead atoms.